The van der Waals surface area contributed by atoms with E-state index in [1.807, 2.05) is 0 Å². The minimum absolute atomic E-state index is 0.0665. The van der Waals surface area contributed by atoms with Crippen LogP contribution in [0.3, 0.4) is 0 Å². The number of carbonyl (C=O) groups excluding carboxylic acids is 2. The highest BCUT2D eigenvalue weighted by Gasteiger charge is 2.32. The monoisotopic (exact) mass is 513 g/mol. The maximum atomic E-state index is 13.7. The molecule has 0 saturated heterocycles. The van der Waals surface area contributed by atoms with E-state index in [0.717, 1.165) is 9.87 Å². The molecule has 0 fully saturated rings. The minimum atomic E-state index is -4.07. The first-order chi connectivity index (χ1) is 16.6. The van der Waals surface area contributed by atoms with Gasteiger partial charge in [0.25, 0.3) is 10.0 Å². The first-order valence-electron chi connectivity index (χ1n) is 11.0. The minimum Gasteiger partial charge on any atom is -0.357 e. The van der Waals surface area contributed by atoms with Crippen LogP contribution in [-0.4, -0.2) is 44.8 Å². The summed E-state index contributed by atoms with van der Waals surface area (Å²) in [6.07, 6.45) is 0. The number of para-hydroxylation sites is 1. The number of hydrogen-bond donors (Lipinski definition) is 1. The Bertz CT molecular complexity index is 1300. The predicted octanol–water partition coefficient (Wildman–Crippen LogP) is 4.01. The fourth-order valence-corrected chi connectivity index (χ4v) is 5.41. The highest BCUT2D eigenvalue weighted by molar-refractivity contribution is 7.92. The highest BCUT2D eigenvalue weighted by atomic mass is 35.5. The number of likely N-dealkylation sites (N-methyl/N-ethyl adjacent to an activating group) is 1. The number of sulfonamides is 1. The molecule has 3 rings (SSSR count). The second-order valence-electron chi connectivity index (χ2n) is 8.05. The van der Waals surface area contributed by atoms with E-state index in [9.17, 15) is 18.0 Å². The number of nitrogens with zero attached hydrogens (tertiary/aromatic N) is 2. The lowest BCUT2D eigenvalue weighted by Gasteiger charge is -2.32. The van der Waals surface area contributed by atoms with Crippen LogP contribution in [0.15, 0.2) is 83.8 Å². The molecule has 7 nitrogen and oxygen atoms in total. The number of nitrogens with one attached hydrogen (secondary N) is 1. The summed E-state index contributed by atoms with van der Waals surface area (Å²) in [5.74, 6) is -0.891. The molecule has 3 aromatic rings. The van der Waals surface area contributed by atoms with E-state index in [0.29, 0.717) is 16.3 Å². The van der Waals surface area contributed by atoms with Crippen LogP contribution in [0, 0.1) is 6.92 Å². The summed E-state index contributed by atoms with van der Waals surface area (Å²) in [6.45, 7) is 2.99. The molecular weight excluding hydrogens is 486 g/mol. The molecule has 0 radical (unpaired) electrons. The van der Waals surface area contributed by atoms with E-state index in [1.165, 1.54) is 24.1 Å². The van der Waals surface area contributed by atoms with Crippen LogP contribution < -0.4 is 9.62 Å². The SMILES string of the molecule is CNC(=O)[C@@H](C)N(Cc1cccc(Cl)c1)C(=O)CN(c1ccccc1C)S(=O)(=O)c1ccccc1. The van der Waals surface area contributed by atoms with Gasteiger partial charge in [0.1, 0.15) is 12.6 Å². The van der Waals surface area contributed by atoms with Gasteiger partial charge in [0.05, 0.1) is 10.6 Å². The Balaban J connectivity index is 2.04. The van der Waals surface area contributed by atoms with Gasteiger partial charge in [-0.1, -0.05) is 60.1 Å². The number of halogens is 1. The summed E-state index contributed by atoms with van der Waals surface area (Å²) < 4.78 is 28.4. The van der Waals surface area contributed by atoms with E-state index in [1.54, 1.807) is 80.6 Å². The van der Waals surface area contributed by atoms with Crippen molar-refractivity contribution in [1.29, 1.82) is 0 Å². The summed E-state index contributed by atoms with van der Waals surface area (Å²) >= 11 is 6.12. The van der Waals surface area contributed by atoms with Gasteiger partial charge in [-0.2, -0.15) is 0 Å². The van der Waals surface area contributed by atoms with Crippen LogP contribution in [0.4, 0.5) is 5.69 Å². The van der Waals surface area contributed by atoms with Gasteiger partial charge in [-0.25, -0.2) is 8.42 Å². The smallest absolute Gasteiger partial charge is 0.264 e. The van der Waals surface area contributed by atoms with Crippen molar-refractivity contribution in [3.63, 3.8) is 0 Å². The Morgan fingerprint density at radius 1 is 0.971 bits per heavy atom. The molecule has 0 heterocycles. The number of benzene rings is 3. The largest absolute Gasteiger partial charge is 0.357 e. The molecule has 0 aliphatic rings. The van der Waals surface area contributed by atoms with Crippen molar-refractivity contribution in [3.8, 4) is 0 Å². The lowest BCUT2D eigenvalue weighted by Crippen LogP contribution is -2.50. The van der Waals surface area contributed by atoms with Gasteiger partial charge in [0, 0.05) is 18.6 Å². The van der Waals surface area contributed by atoms with Gasteiger partial charge >= 0.3 is 0 Å². The summed E-state index contributed by atoms with van der Waals surface area (Å²) in [5.41, 5.74) is 1.80. The fourth-order valence-electron chi connectivity index (χ4n) is 3.70. The number of hydrogen-bond acceptors (Lipinski definition) is 4. The lowest BCUT2D eigenvalue weighted by molar-refractivity contribution is -0.139. The van der Waals surface area contributed by atoms with Gasteiger partial charge in [-0.15, -0.1) is 0 Å². The van der Waals surface area contributed by atoms with Crippen molar-refractivity contribution >= 4 is 39.1 Å². The predicted molar refractivity (Wildman–Crippen MR) is 138 cm³/mol. The van der Waals surface area contributed by atoms with Crippen molar-refractivity contribution in [2.45, 2.75) is 31.3 Å². The van der Waals surface area contributed by atoms with Gasteiger partial charge in [-0.05, 0) is 55.3 Å². The van der Waals surface area contributed by atoms with Crippen LogP contribution >= 0.6 is 11.6 Å². The van der Waals surface area contributed by atoms with E-state index in [4.69, 9.17) is 11.6 Å². The van der Waals surface area contributed by atoms with E-state index < -0.39 is 28.5 Å². The van der Waals surface area contributed by atoms with Crippen molar-refractivity contribution in [1.82, 2.24) is 10.2 Å². The van der Waals surface area contributed by atoms with Crippen LogP contribution in [0.2, 0.25) is 5.02 Å². The van der Waals surface area contributed by atoms with Gasteiger partial charge < -0.3 is 10.2 Å². The number of amides is 2. The molecule has 3 aromatic carbocycles. The van der Waals surface area contributed by atoms with E-state index >= 15 is 0 Å². The first kappa shape index (κ1) is 26.2. The van der Waals surface area contributed by atoms with E-state index in [-0.39, 0.29) is 17.3 Å². The number of anilines is 1. The standard InChI is InChI=1S/C26H28ClN3O4S/c1-19-10-7-8-15-24(19)30(35(33,34)23-13-5-4-6-14-23)18-25(31)29(20(2)26(32)28-3)17-21-11-9-12-22(27)16-21/h4-16,20H,17-18H2,1-3H3,(H,28,32)/t20-/m1/s1. The van der Waals surface area contributed by atoms with Gasteiger partial charge in [0.15, 0.2) is 0 Å². The quantitative estimate of drug-likeness (QED) is 0.468. The number of aryl methyl sites for hydroxylation is 1. The third kappa shape index (κ3) is 6.21. The molecule has 1 atom stereocenters. The van der Waals surface area contributed by atoms with Gasteiger partial charge in [0.2, 0.25) is 11.8 Å². The molecule has 0 aliphatic carbocycles. The summed E-state index contributed by atoms with van der Waals surface area (Å²) in [4.78, 5) is 27.6. The van der Waals surface area contributed by atoms with E-state index in [2.05, 4.69) is 5.32 Å². The molecule has 0 aliphatic heterocycles. The van der Waals surface area contributed by atoms with Crippen molar-refractivity contribution < 1.29 is 18.0 Å². The zero-order chi connectivity index (χ0) is 25.6. The second kappa shape index (κ2) is 11.4. The third-order valence-electron chi connectivity index (χ3n) is 5.65. The van der Waals surface area contributed by atoms with Crippen LogP contribution in [0.5, 0.6) is 0 Å². The number of rotatable bonds is 9. The molecule has 9 heteroatoms. The first-order valence-corrected chi connectivity index (χ1v) is 12.9. The molecular formula is C26H28ClN3O4S. The topological polar surface area (TPSA) is 86.8 Å². The highest BCUT2D eigenvalue weighted by Crippen LogP contribution is 2.27. The summed E-state index contributed by atoms with van der Waals surface area (Å²) in [6, 6.07) is 21.0. The summed E-state index contributed by atoms with van der Waals surface area (Å²) in [7, 11) is -2.59. The molecule has 2 amide bonds. The van der Waals surface area contributed by atoms with Crippen molar-refractivity contribution in [3.05, 3.63) is 95.0 Å². The third-order valence-corrected chi connectivity index (χ3v) is 7.66. The molecule has 0 spiro atoms. The molecule has 0 unspecified atom stereocenters. The molecule has 0 aromatic heterocycles. The Kier molecular flexibility index (Phi) is 8.53. The molecule has 184 valence electrons. The maximum Gasteiger partial charge on any atom is 0.264 e. The zero-order valence-electron chi connectivity index (χ0n) is 19.8. The zero-order valence-corrected chi connectivity index (χ0v) is 21.4. The Labute approximate surface area is 211 Å². The fraction of sp³-hybridized carbons (Fsp3) is 0.231. The molecule has 0 bridgehead atoms. The van der Waals surface area contributed by atoms with Crippen LogP contribution in [0.25, 0.3) is 0 Å². The Morgan fingerprint density at radius 3 is 2.26 bits per heavy atom. The summed E-state index contributed by atoms with van der Waals surface area (Å²) in [5, 5.41) is 3.05. The molecule has 0 saturated carbocycles. The lowest BCUT2D eigenvalue weighted by atomic mass is 10.1. The average Bonchev–Trinajstić information content (AvgIpc) is 2.85. The average molecular weight is 514 g/mol. The second-order valence-corrected chi connectivity index (χ2v) is 10.4. The maximum absolute atomic E-state index is 13.7. The molecule has 35 heavy (non-hydrogen) atoms. The van der Waals surface area contributed by atoms with Crippen molar-refractivity contribution in [2.24, 2.45) is 0 Å². The van der Waals surface area contributed by atoms with Crippen LogP contribution in [-0.2, 0) is 26.2 Å². The number of carbonyl (C=O) groups is 2. The molecule has 1 N–H and O–H groups in total. The Hall–Kier alpha value is -3.36. The normalized spacial score (nSPS) is 12.0. The van der Waals surface area contributed by atoms with Crippen LogP contribution in [0.1, 0.15) is 18.1 Å². The Morgan fingerprint density at radius 2 is 1.63 bits per heavy atom. The van der Waals surface area contributed by atoms with Gasteiger partial charge in [-0.3, -0.25) is 13.9 Å². The van der Waals surface area contributed by atoms with Crippen molar-refractivity contribution in [2.75, 3.05) is 17.9 Å².